The number of carbonyl (C=O) groups excluding carboxylic acids is 2. The van der Waals surface area contributed by atoms with E-state index in [2.05, 4.69) is 15.1 Å². The molecule has 3 aliphatic rings. The van der Waals surface area contributed by atoms with Crippen LogP contribution in [0.1, 0.15) is 32.1 Å². The van der Waals surface area contributed by atoms with Gasteiger partial charge in [-0.25, -0.2) is 0 Å². The molecule has 10 heteroatoms. The molecule has 0 unspecified atom stereocenters. The Balaban J connectivity index is 1.17. The quantitative estimate of drug-likeness (QED) is 0.495. The monoisotopic (exact) mass is 523 g/mol. The third-order valence-electron chi connectivity index (χ3n) is 7.83. The first-order valence-electron chi connectivity index (χ1n) is 13.5. The summed E-state index contributed by atoms with van der Waals surface area (Å²) in [4.78, 5) is 32.0. The number of benzene rings is 1. The second-order valence-corrected chi connectivity index (χ2v) is 10.2. The molecule has 38 heavy (non-hydrogen) atoms. The molecule has 1 aliphatic carbocycles. The molecule has 204 valence electrons. The molecule has 1 aromatic heterocycles. The summed E-state index contributed by atoms with van der Waals surface area (Å²) in [6.45, 7) is 3.88. The number of carbonyl (C=O) groups is 2. The summed E-state index contributed by atoms with van der Waals surface area (Å²) in [5.74, 6) is 2.34. The first kappa shape index (κ1) is 26.2. The molecular formula is C28H37N5O5. The summed E-state index contributed by atoms with van der Waals surface area (Å²) in [7, 11) is 3.23. The Morgan fingerprint density at radius 3 is 2.42 bits per heavy atom. The van der Waals surface area contributed by atoms with Crippen LogP contribution in [-0.2, 0) is 14.3 Å². The van der Waals surface area contributed by atoms with Crippen molar-refractivity contribution in [2.24, 2.45) is 5.92 Å². The molecule has 0 N–H and O–H groups in total. The SMILES string of the molecule is COc1ccc(-c2ccc(N3CCN(C(=O)CN(C[C@@H]4CCCO4)C(=O)C4CCC4)CC3)nn2)c(OC)c1. The summed E-state index contributed by atoms with van der Waals surface area (Å²) in [6, 6.07) is 9.47. The Bertz CT molecular complexity index is 1110. The Morgan fingerprint density at radius 2 is 1.82 bits per heavy atom. The van der Waals surface area contributed by atoms with Gasteiger partial charge in [-0.15, -0.1) is 10.2 Å². The fraction of sp³-hybridized carbons (Fsp3) is 0.571. The molecule has 1 aromatic carbocycles. The lowest BCUT2D eigenvalue weighted by Crippen LogP contribution is -2.53. The summed E-state index contributed by atoms with van der Waals surface area (Å²) < 4.78 is 16.5. The van der Waals surface area contributed by atoms with E-state index in [0.29, 0.717) is 49.9 Å². The van der Waals surface area contributed by atoms with Crippen LogP contribution >= 0.6 is 0 Å². The van der Waals surface area contributed by atoms with Crippen molar-refractivity contribution in [2.75, 3.05) is 65.0 Å². The van der Waals surface area contributed by atoms with Gasteiger partial charge >= 0.3 is 0 Å². The molecule has 2 aliphatic heterocycles. The number of ether oxygens (including phenoxy) is 3. The van der Waals surface area contributed by atoms with Gasteiger partial charge in [0.2, 0.25) is 11.8 Å². The number of hydrogen-bond acceptors (Lipinski definition) is 8. The zero-order valence-corrected chi connectivity index (χ0v) is 22.3. The fourth-order valence-corrected chi connectivity index (χ4v) is 5.28. The van der Waals surface area contributed by atoms with Crippen LogP contribution in [0.25, 0.3) is 11.3 Å². The van der Waals surface area contributed by atoms with Gasteiger partial charge in [0.1, 0.15) is 11.5 Å². The van der Waals surface area contributed by atoms with Gasteiger partial charge in [0, 0.05) is 56.9 Å². The van der Waals surface area contributed by atoms with E-state index >= 15 is 0 Å². The van der Waals surface area contributed by atoms with Crippen LogP contribution in [-0.4, -0.2) is 98.0 Å². The van der Waals surface area contributed by atoms with Crippen LogP contribution < -0.4 is 14.4 Å². The Hall–Kier alpha value is -3.40. The maximum atomic E-state index is 13.2. The third kappa shape index (κ3) is 5.85. The van der Waals surface area contributed by atoms with Crippen molar-refractivity contribution in [3.8, 4) is 22.8 Å². The van der Waals surface area contributed by atoms with Crippen molar-refractivity contribution in [3.63, 3.8) is 0 Å². The molecule has 3 fully saturated rings. The van der Waals surface area contributed by atoms with Gasteiger partial charge in [-0.3, -0.25) is 9.59 Å². The summed E-state index contributed by atoms with van der Waals surface area (Å²) in [5, 5.41) is 8.88. The topological polar surface area (TPSA) is 97.3 Å². The smallest absolute Gasteiger partial charge is 0.242 e. The number of hydrogen-bond donors (Lipinski definition) is 0. The molecule has 5 rings (SSSR count). The van der Waals surface area contributed by atoms with E-state index in [1.54, 1.807) is 19.1 Å². The molecule has 10 nitrogen and oxygen atoms in total. The second kappa shape index (κ2) is 12.0. The lowest BCUT2D eigenvalue weighted by molar-refractivity contribution is -0.146. The molecular weight excluding hydrogens is 486 g/mol. The molecule has 1 atom stereocenters. The lowest BCUT2D eigenvalue weighted by atomic mass is 9.84. The highest BCUT2D eigenvalue weighted by atomic mass is 16.5. The van der Waals surface area contributed by atoms with Crippen molar-refractivity contribution < 1.29 is 23.8 Å². The van der Waals surface area contributed by atoms with Crippen LogP contribution in [0.15, 0.2) is 30.3 Å². The van der Waals surface area contributed by atoms with Gasteiger partial charge in [-0.1, -0.05) is 6.42 Å². The highest BCUT2D eigenvalue weighted by Crippen LogP contribution is 2.32. The first-order chi connectivity index (χ1) is 18.6. The molecule has 3 heterocycles. The third-order valence-corrected chi connectivity index (χ3v) is 7.83. The van der Waals surface area contributed by atoms with Crippen molar-refractivity contribution in [3.05, 3.63) is 30.3 Å². The molecule has 2 saturated heterocycles. The Morgan fingerprint density at radius 1 is 1.00 bits per heavy atom. The normalized spacial score (nSPS) is 19.7. The number of rotatable bonds is 9. The van der Waals surface area contributed by atoms with E-state index in [-0.39, 0.29) is 30.4 Å². The summed E-state index contributed by atoms with van der Waals surface area (Å²) >= 11 is 0. The second-order valence-electron chi connectivity index (χ2n) is 10.2. The summed E-state index contributed by atoms with van der Waals surface area (Å²) in [6.07, 6.45) is 4.97. The minimum Gasteiger partial charge on any atom is -0.497 e. The molecule has 0 radical (unpaired) electrons. The van der Waals surface area contributed by atoms with E-state index in [0.717, 1.165) is 50.1 Å². The highest BCUT2D eigenvalue weighted by molar-refractivity contribution is 5.86. The van der Waals surface area contributed by atoms with Crippen LogP contribution in [0.5, 0.6) is 11.5 Å². The van der Waals surface area contributed by atoms with Crippen LogP contribution in [0.2, 0.25) is 0 Å². The maximum Gasteiger partial charge on any atom is 0.242 e. The van der Waals surface area contributed by atoms with E-state index in [1.165, 1.54) is 0 Å². The Labute approximate surface area is 223 Å². The van der Waals surface area contributed by atoms with Gasteiger partial charge in [0.25, 0.3) is 0 Å². The average Bonchev–Trinajstić information content (AvgIpc) is 3.44. The molecule has 0 spiro atoms. The van der Waals surface area contributed by atoms with E-state index < -0.39 is 0 Å². The number of aromatic nitrogens is 2. The van der Waals surface area contributed by atoms with Gasteiger partial charge in [0.15, 0.2) is 5.82 Å². The number of methoxy groups -OCH3 is 2. The number of amides is 2. The van der Waals surface area contributed by atoms with E-state index in [1.807, 2.05) is 35.2 Å². The van der Waals surface area contributed by atoms with Crippen LogP contribution in [0.4, 0.5) is 5.82 Å². The number of piperazine rings is 1. The average molecular weight is 524 g/mol. The van der Waals surface area contributed by atoms with Crippen molar-refractivity contribution in [1.29, 1.82) is 0 Å². The van der Waals surface area contributed by atoms with Crippen LogP contribution in [0.3, 0.4) is 0 Å². The Kier molecular flexibility index (Phi) is 8.26. The number of anilines is 1. The van der Waals surface area contributed by atoms with Gasteiger partial charge in [0.05, 0.1) is 32.6 Å². The van der Waals surface area contributed by atoms with Crippen molar-refractivity contribution in [2.45, 2.75) is 38.2 Å². The first-order valence-corrected chi connectivity index (χ1v) is 13.5. The number of nitrogens with zero attached hydrogens (tertiary/aromatic N) is 5. The van der Waals surface area contributed by atoms with E-state index in [4.69, 9.17) is 14.2 Å². The largest absolute Gasteiger partial charge is 0.497 e. The molecule has 2 aromatic rings. The fourth-order valence-electron chi connectivity index (χ4n) is 5.28. The minimum atomic E-state index is 0.00310. The molecule has 0 bridgehead atoms. The van der Waals surface area contributed by atoms with E-state index in [9.17, 15) is 9.59 Å². The van der Waals surface area contributed by atoms with Gasteiger partial charge in [-0.2, -0.15) is 0 Å². The zero-order valence-electron chi connectivity index (χ0n) is 22.3. The predicted octanol–water partition coefficient (Wildman–Crippen LogP) is 2.62. The predicted molar refractivity (Wildman–Crippen MR) is 142 cm³/mol. The van der Waals surface area contributed by atoms with Gasteiger partial charge < -0.3 is 28.9 Å². The molecule has 1 saturated carbocycles. The maximum absolute atomic E-state index is 13.2. The lowest BCUT2D eigenvalue weighted by Gasteiger charge is -2.37. The minimum absolute atomic E-state index is 0.00310. The van der Waals surface area contributed by atoms with Gasteiger partial charge in [-0.05, 0) is 49.9 Å². The highest BCUT2D eigenvalue weighted by Gasteiger charge is 2.34. The summed E-state index contributed by atoms with van der Waals surface area (Å²) in [5.41, 5.74) is 1.55. The zero-order chi connectivity index (χ0) is 26.5. The standard InChI is InChI=1S/C28H37N5O5/c1-36-21-8-9-23(25(17-21)37-2)24-10-11-26(30-29-24)31-12-14-32(15-13-31)27(34)19-33(18-22-7-4-16-38-22)28(35)20-5-3-6-20/h8-11,17,20,22H,3-7,12-16,18-19H2,1-2H3/t22-/m0/s1. The van der Waals surface area contributed by atoms with Crippen molar-refractivity contribution >= 4 is 17.6 Å². The van der Waals surface area contributed by atoms with Crippen molar-refractivity contribution in [1.82, 2.24) is 20.0 Å². The molecule has 2 amide bonds. The van der Waals surface area contributed by atoms with Crippen LogP contribution in [0, 0.1) is 5.92 Å².